The number of halogens is 4. The minimum atomic E-state index is -4.38. The molecular weight excluding hydrogens is 496 g/mol. The average Bonchev–Trinajstić information content (AvgIpc) is 3.12. The van der Waals surface area contributed by atoms with E-state index in [0.29, 0.717) is 30.4 Å². The van der Waals surface area contributed by atoms with Crippen molar-refractivity contribution in [1.29, 1.82) is 0 Å². The highest BCUT2D eigenvalue weighted by Gasteiger charge is 2.30. The molecule has 0 unspecified atom stereocenters. The lowest BCUT2D eigenvalue weighted by atomic mass is 10.1. The number of hydrogen-bond acceptors (Lipinski definition) is 3. The van der Waals surface area contributed by atoms with Crippen LogP contribution >= 0.6 is 24.0 Å². The molecule has 0 radical (unpaired) electrons. The van der Waals surface area contributed by atoms with Gasteiger partial charge in [-0.25, -0.2) is 4.99 Å². The van der Waals surface area contributed by atoms with Crippen LogP contribution in [-0.4, -0.2) is 24.2 Å². The van der Waals surface area contributed by atoms with Crippen LogP contribution in [-0.2, 0) is 12.7 Å². The molecule has 2 aromatic rings. The number of rotatable bonds is 5. The van der Waals surface area contributed by atoms with E-state index in [1.54, 1.807) is 0 Å². The first-order valence-electron chi connectivity index (χ1n) is 8.93. The molecule has 29 heavy (non-hydrogen) atoms. The van der Waals surface area contributed by atoms with Gasteiger partial charge in [-0.15, -0.1) is 24.0 Å². The lowest BCUT2D eigenvalue weighted by Gasteiger charge is -2.08. The normalized spacial score (nSPS) is 11.5. The molecule has 0 saturated heterocycles. The van der Waals surface area contributed by atoms with Crippen LogP contribution in [0.1, 0.15) is 49.3 Å². The fourth-order valence-corrected chi connectivity index (χ4v) is 2.22. The Kier molecular flexibility index (Phi) is 10.0. The molecule has 0 aliphatic rings. The lowest BCUT2D eigenvalue weighted by molar-refractivity contribution is -0.137. The summed E-state index contributed by atoms with van der Waals surface area (Å²) in [5.41, 5.74) is 0.464. The second-order valence-electron chi connectivity index (χ2n) is 6.30. The highest BCUT2D eigenvalue weighted by Crippen LogP contribution is 2.29. The van der Waals surface area contributed by atoms with Crippen LogP contribution < -0.4 is 10.6 Å². The van der Waals surface area contributed by atoms with Crippen LogP contribution in [0, 0.1) is 11.8 Å². The summed E-state index contributed by atoms with van der Waals surface area (Å²) in [6.45, 7) is 7.18. The van der Waals surface area contributed by atoms with Gasteiger partial charge in [-0.3, -0.25) is 0 Å². The fraction of sp³-hybridized carbons (Fsp3) is 0.400. The van der Waals surface area contributed by atoms with Gasteiger partial charge < -0.3 is 15.2 Å². The minimum absolute atomic E-state index is 0. The standard InChI is InChI=1S/C20H23F3N4O.HI/c1-4-24-19(26-13-17-12-18(14(2)3)27-28-17)25-10-6-8-15-7-5-9-16(11-15)20(21,22)23;/h5,7,9,11-12,14H,4,10,13H2,1-3H3,(H2,24,25,26);1H. The van der Waals surface area contributed by atoms with Crippen molar-refractivity contribution >= 4 is 29.9 Å². The molecule has 0 bridgehead atoms. The van der Waals surface area contributed by atoms with E-state index in [1.165, 1.54) is 12.1 Å². The molecule has 0 saturated carbocycles. The molecule has 0 amide bonds. The molecule has 1 heterocycles. The molecule has 1 aromatic heterocycles. The summed E-state index contributed by atoms with van der Waals surface area (Å²) in [5.74, 6) is 6.98. The van der Waals surface area contributed by atoms with E-state index in [4.69, 9.17) is 4.52 Å². The summed E-state index contributed by atoms with van der Waals surface area (Å²) in [4.78, 5) is 4.39. The van der Waals surface area contributed by atoms with Crippen molar-refractivity contribution in [1.82, 2.24) is 15.8 Å². The first-order valence-corrected chi connectivity index (χ1v) is 8.93. The molecule has 9 heteroatoms. The third-order valence-corrected chi connectivity index (χ3v) is 3.67. The third kappa shape index (κ3) is 8.35. The van der Waals surface area contributed by atoms with Gasteiger partial charge >= 0.3 is 6.18 Å². The zero-order valence-corrected chi connectivity index (χ0v) is 18.8. The lowest BCUT2D eigenvalue weighted by Crippen LogP contribution is -2.37. The van der Waals surface area contributed by atoms with E-state index in [2.05, 4.69) is 32.6 Å². The number of aliphatic imine (C=N–C) groups is 1. The van der Waals surface area contributed by atoms with Gasteiger partial charge in [0.05, 0.1) is 17.8 Å². The van der Waals surface area contributed by atoms with E-state index < -0.39 is 11.7 Å². The molecule has 1 aromatic carbocycles. The quantitative estimate of drug-likeness (QED) is 0.263. The van der Waals surface area contributed by atoms with Crippen molar-refractivity contribution in [2.75, 3.05) is 13.1 Å². The molecule has 5 nitrogen and oxygen atoms in total. The van der Waals surface area contributed by atoms with E-state index >= 15 is 0 Å². The van der Waals surface area contributed by atoms with E-state index in [1.807, 2.05) is 26.8 Å². The number of guanidine groups is 1. The van der Waals surface area contributed by atoms with Crippen molar-refractivity contribution in [3.05, 3.63) is 52.9 Å². The number of benzene rings is 1. The van der Waals surface area contributed by atoms with Gasteiger partial charge in [0.2, 0.25) is 0 Å². The first kappa shape index (κ1) is 24.8. The molecule has 0 aliphatic carbocycles. The topological polar surface area (TPSA) is 62.5 Å². The summed E-state index contributed by atoms with van der Waals surface area (Å²) in [6, 6.07) is 6.80. The molecule has 2 rings (SSSR count). The molecule has 0 aliphatic heterocycles. The van der Waals surface area contributed by atoms with Crippen LogP contribution in [0.5, 0.6) is 0 Å². The molecule has 0 fully saturated rings. The predicted octanol–water partition coefficient (Wildman–Crippen LogP) is 4.54. The summed E-state index contributed by atoms with van der Waals surface area (Å²) in [6.07, 6.45) is -4.38. The van der Waals surface area contributed by atoms with Gasteiger partial charge in [0.25, 0.3) is 0 Å². The van der Waals surface area contributed by atoms with Gasteiger partial charge in [0, 0.05) is 18.2 Å². The van der Waals surface area contributed by atoms with Crippen LogP contribution in [0.4, 0.5) is 13.2 Å². The van der Waals surface area contributed by atoms with Crippen molar-refractivity contribution in [2.45, 2.75) is 39.4 Å². The van der Waals surface area contributed by atoms with Gasteiger partial charge in [-0.2, -0.15) is 13.2 Å². The van der Waals surface area contributed by atoms with Gasteiger partial charge in [-0.1, -0.05) is 36.9 Å². The minimum Gasteiger partial charge on any atom is -0.359 e. The van der Waals surface area contributed by atoms with E-state index in [-0.39, 0.29) is 36.4 Å². The first-order chi connectivity index (χ1) is 13.3. The van der Waals surface area contributed by atoms with Crippen LogP contribution in [0.2, 0.25) is 0 Å². The molecule has 0 atom stereocenters. The number of hydrogen-bond donors (Lipinski definition) is 2. The number of aromatic nitrogens is 1. The Labute approximate surface area is 185 Å². The van der Waals surface area contributed by atoms with Crippen molar-refractivity contribution < 1.29 is 17.7 Å². The largest absolute Gasteiger partial charge is 0.416 e. The van der Waals surface area contributed by atoms with Crippen LogP contribution in [0.3, 0.4) is 0 Å². The monoisotopic (exact) mass is 520 g/mol. The maximum Gasteiger partial charge on any atom is 0.416 e. The SMILES string of the molecule is CCNC(=NCc1cc(C(C)C)no1)NCC#Cc1cccc(C(F)(F)F)c1.I. The van der Waals surface area contributed by atoms with E-state index in [9.17, 15) is 13.2 Å². The Hall–Kier alpha value is -2.22. The van der Waals surface area contributed by atoms with Gasteiger partial charge in [0.1, 0.15) is 6.54 Å². The smallest absolute Gasteiger partial charge is 0.359 e. The fourth-order valence-electron chi connectivity index (χ4n) is 2.22. The number of nitrogens with one attached hydrogen (secondary N) is 2. The zero-order valence-electron chi connectivity index (χ0n) is 16.4. The Morgan fingerprint density at radius 3 is 2.62 bits per heavy atom. The number of nitrogens with zero attached hydrogens (tertiary/aromatic N) is 2. The average molecular weight is 520 g/mol. The summed E-state index contributed by atoms with van der Waals surface area (Å²) >= 11 is 0. The van der Waals surface area contributed by atoms with Crippen LogP contribution in [0.15, 0.2) is 39.8 Å². The van der Waals surface area contributed by atoms with Crippen molar-refractivity contribution in [3.63, 3.8) is 0 Å². The van der Waals surface area contributed by atoms with Gasteiger partial charge in [0.15, 0.2) is 11.7 Å². The second kappa shape index (κ2) is 11.7. The second-order valence-corrected chi connectivity index (χ2v) is 6.30. The molecule has 158 valence electrons. The van der Waals surface area contributed by atoms with Gasteiger partial charge in [-0.05, 0) is 31.0 Å². The molecular formula is C20H24F3IN4O. The highest BCUT2D eigenvalue weighted by molar-refractivity contribution is 14.0. The van der Waals surface area contributed by atoms with Crippen LogP contribution in [0.25, 0.3) is 0 Å². The van der Waals surface area contributed by atoms with Crippen molar-refractivity contribution in [3.8, 4) is 11.8 Å². The summed E-state index contributed by atoms with van der Waals surface area (Å²) in [7, 11) is 0. The zero-order chi connectivity index (χ0) is 20.6. The Balaban J connectivity index is 0.00000420. The van der Waals surface area contributed by atoms with Crippen molar-refractivity contribution in [2.24, 2.45) is 4.99 Å². The summed E-state index contributed by atoms with van der Waals surface area (Å²) < 4.78 is 43.4. The predicted molar refractivity (Wildman–Crippen MR) is 117 cm³/mol. The highest BCUT2D eigenvalue weighted by atomic mass is 127. The Morgan fingerprint density at radius 1 is 1.24 bits per heavy atom. The maximum atomic E-state index is 12.7. The summed E-state index contributed by atoms with van der Waals surface area (Å²) in [5, 5.41) is 10.1. The molecule has 2 N–H and O–H groups in total. The Bertz CT molecular complexity index is 866. The number of alkyl halides is 3. The molecule has 0 spiro atoms. The third-order valence-electron chi connectivity index (χ3n) is 3.67. The Morgan fingerprint density at radius 2 is 2.00 bits per heavy atom. The maximum absolute atomic E-state index is 12.7. The van der Waals surface area contributed by atoms with E-state index in [0.717, 1.165) is 17.8 Å².